The Balaban J connectivity index is 1.70. The molecular formula is C14H19N3O3S. The minimum absolute atomic E-state index is 0.00557. The summed E-state index contributed by atoms with van der Waals surface area (Å²) in [6.45, 7) is 0. The van der Waals surface area contributed by atoms with Gasteiger partial charge in [0.05, 0.1) is 9.80 Å². The number of fused-ring (bicyclic) bond motifs is 2. The number of rotatable bonds is 3. The highest BCUT2D eigenvalue weighted by Crippen LogP contribution is 2.40. The topological polar surface area (TPSA) is 98.3 Å². The van der Waals surface area contributed by atoms with Crippen molar-refractivity contribution < 1.29 is 9.72 Å². The second-order valence-corrected chi connectivity index (χ2v) is 7.14. The van der Waals surface area contributed by atoms with E-state index in [1.165, 1.54) is 18.6 Å². The van der Waals surface area contributed by atoms with Gasteiger partial charge in [0.2, 0.25) is 0 Å². The van der Waals surface area contributed by atoms with Crippen LogP contribution in [-0.4, -0.2) is 22.9 Å². The van der Waals surface area contributed by atoms with Gasteiger partial charge >= 0.3 is 5.00 Å². The van der Waals surface area contributed by atoms with Gasteiger partial charge in [0.25, 0.3) is 5.91 Å². The second kappa shape index (κ2) is 5.73. The summed E-state index contributed by atoms with van der Waals surface area (Å²) in [5.74, 6) is 0.711. The number of thiophene rings is 1. The van der Waals surface area contributed by atoms with Gasteiger partial charge < -0.3 is 11.1 Å². The molecule has 6 nitrogen and oxygen atoms in total. The van der Waals surface area contributed by atoms with E-state index in [9.17, 15) is 14.9 Å². The molecule has 2 bridgehead atoms. The fourth-order valence-electron chi connectivity index (χ4n) is 3.80. The van der Waals surface area contributed by atoms with Crippen molar-refractivity contribution in [3.05, 3.63) is 27.1 Å². The zero-order valence-corrected chi connectivity index (χ0v) is 12.5. The number of nitrogens with zero attached hydrogens (tertiary/aromatic N) is 1. The van der Waals surface area contributed by atoms with E-state index in [0.717, 1.165) is 37.0 Å². The smallest absolute Gasteiger partial charge is 0.324 e. The lowest BCUT2D eigenvalue weighted by molar-refractivity contribution is -0.380. The first-order valence-electron chi connectivity index (χ1n) is 7.35. The van der Waals surface area contributed by atoms with Crippen molar-refractivity contribution in [1.29, 1.82) is 0 Å². The molecule has 2 atom stereocenters. The van der Waals surface area contributed by atoms with E-state index in [1.807, 2.05) is 0 Å². The normalized spacial score (nSPS) is 31.7. The summed E-state index contributed by atoms with van der Waals surface area (Å²) in [5, 5.41) is 13.8. The molecule has 21 heavy (non-hydrogen) atoms. The molecule has 114 valence electrons. The van der Waals surface area contributed by atoms with Crippen LogP contribution in [0, 0.1) is 22.0 Å². The van der Waals surface area contributed by atoms with Crippen molar-refractivity contribution in [3.63, 3.8) is 0 Å². The van der Waals surface area contributed by atoms with Crippen LogP contribution in [-0.2, 0) is 0 Å². The molecule has 3 N–H and O–H groups in total. The van der Waals surface area contributed by atoms with E-state index >= 15 is 0 Å². The van der Waals surface area contributed by atoms with Crippen molar-refractivity contribution in [2.45, 2.75) is 44.2 Å². The Morgan fingerprint density at radius 2 is 2.00 bits per heavy atom. The van der Waals surface area contributed by atoms with Gasteiger partial charge in [-0.15, -0.1) is 0 Å². The maximum atomic E-state index is 12.3. The summed E-state index contributed by atoms with van der Waals surface area (Å²) >= 11 is 0.930. The maximum Gasteiger partial charge on any atom is 0.324 e. The van der Waals surface area contributed by atoms with Gasteiger partial charge in [-0.2, -0.15) is 0 Å². The average Bonchev–Trinajstić information content (AvgIpc) is 2.89. The van der Waals surface area contributed by atoms with Crippen LogP contribution in [0.4, 0.5) is 5.00 Å². The first-order chi connectivity index (χ1) is 10.0. The van der Waals surface area contributed by atoms with Crippen LogP contribution >= 0.6 is 11.3 Å². The van der Waals surface area contributed by atoms with Crippen molar-refractivity contribution >= 4 is 22.2 Å². The first kappa shape index (κ1) is 14.5. The van der Waals surface area contributed by atoms with Gasteiger partial charge in [-0.25, -0.2) is 0 Å². The number of carbonyl (C=O) groups is 1. The van der Waals surface area contributed by atoms with Crippen molar-refractivity contribution in [3.8, 4) is 0 Å². The molecule has 0 aliphatic heterocycles. The number of nitro groups is 1. The van der Waals surface area contributed by atoms with Crippen LogP contribution in [0.3, 0.4) is 0 Å². The minimum Gasteiger partial charge on any atom is -0.348 e. The molecule has 1 aromatic rings. The quantitative estimate of drug-likeness (QED) is 0.661. The van der Waals surface area contributed by atoms with Crippen LogP contribution in [0.2, 0.25) is 0 Å². The molecule has 2 saturated carbocycles. The molecule has 1 aromatic heterocycles. The fraction of sp³-hybridized carbons (Fsp3) is 0.643. The van der Waals surface area contributed by atoms with E-state index in [2.05, 4.69) is 5.32 Å². The fourth-order valence-corrected chi connectivity index (χ4v) is 4.52. The van der Waals surface area contributed by atoms with E-state index in [4.69, 9.17) is 5.73 Å². The lowest BCUT2D eigenvalue weighted by Crippen LogP contribution is -2.53. The molecule has 0 radical (unpaired) electrons. The van der Waals surface area contributed by atoms with Crippen LogP contribution in [0.15, 0.2) is 12.1 Å². The van der Waals surface area contributed by atoms with Gasteiger partial charge in [0, 0.05) is 18.2 Å². The van der Waals surface area contributed by atoms with Gasteiger partial charge in [0.15, 0.2) is 0 Å². The number of nitrogens with two attached hydrogens (primary N) is 1. The average molecular weight is 309 g/mol. The lowest BCUT2D eigenvalue weighted by atomic mass is 9.67. The van der Waals surface area contributed by atoms with Crippen LogP contribution in [0.25, 0.3) is 0 Å². The van der Waals surface area contributed by atoms with Gasteiger partial charge in [0.1, 0.15) is 0 Å². The third-order valence-electron chi connectivity index (χ3n) is 4.67. The van der Waals surface area contributed by atoms with Gasteiger partial charge in [-0.3, -0.25) is 14.9 Å². The number of hydrogen-bond donors (Lipinski definition) is 2. The molecule has 2 fully saturated rings. The predicted octanol–water partition coefficient (Wildman–Crippen LogP) is 2.29. The zero-order valence-electron chi connectivity index (χ0n) is 11.7. The van der Waals surface area contributed by atoms with Crippen molar-refractivity contribution in [2.75, 3.05) is 0 Å². The number of nitrogens with one attached hydrogen (secondary N) is 1. The summed E-state index contributed by atoms with van der Waals surface area (Å²) in [7, 11) is 0. The van der Waals surface area contributed by atoms with Crippen LogP contribution in [0.5, 0.6) is 0 Å². The summed E-state index contributed by atoms with van der Waals surface area (Å²) in [5.41, 5.74) is 6.08. The maximum absolute atomic E-state index is 12.3. The summed E-state index contributed by atoms with van der Waals surface area (Å²) in [6.07, 6.45) is 5.36. The number of hydrogen-bond acceptors (Lipinski definition) is 5. The number of amides is 1. The number of carbonyl (C=O) groups excluding carboxylic acids is 1. The second-order valence-electron chi connectivity index (χ2n) is 6.08. The highest BCUT2D eigenvalue weighted by atomic mass is 32.1. The van der Waals surface area contributed by atoms with Crippen LogP contribution in [0.1, 0.15) is 41.8 Å². The summed E-state index contributed by atoms with van der Waals surface area (Å²) in [6, 6.07) is 3.34. The highest BCUT2D eigenvalue weighted by molar-refractivity contribution is 7.17. The van der Waals surface area contributed by atoms with E-state index < -0.39 is 4.92 Å². The molecule has 7 heteroatoms. The Labute approximate surface area is 126 Å². The Kier molecular flexibility index (Phi) is 3.95. The largest absolute Gasteiger partial charge is 0.348 e. The highest BCUT2D eigenvalue weighted by Gasteiger charge is 2.40. The molecule has 2 aliphatic rings. The molecule has 1 heterocycles. The van der Waals surface area contributed by atoms with Crippen LogP contribution < -0.4 is 11.1 Å². The van der Waals surface area contributed by atoms with Gasteiger partial charge in [-0.05, 0) is 43.6 Å². The molecule has 1 amide bonds. The standard InChI is InChI=1S/C14H19N3O3S/c15-10-6-8-2-1-3-9(7-10)13(8)16-14(18)11-4-5-12(21-11)17(19)20/h4-5,8-10,13H,1-3,6-7,15H2,(H,16,18). The lowest BCUT2D eigenvalue weighted by Gasteiger charge is -2.45. The zero-order chi connectivity index (χ0) is 15.0. The third kappa shape index (κ3) is 2.94. The monoisotopic (exact) mass is 309 g/mol. The third-order valence-corrected chi connectivity index (χ3v) is 5.71. The molecule has 3 rings (SSSR count). The molecule has 0 saturated heterocycles. The van der Waals surface area contributed by atoms with Gasteiger partial charge in [-0.1, -0.05) is 17.8 Å². The summed E-state index contributed by atoms with van der Waals surface area (Å²) < 4.78 is 0. The Morgan fingerprint density at radius 1 is 1.33 bits per heavy atom. The molecular weight excluding hydrogens is 290 g/mol. The summed E-state index contributed by atoms with van der Waals surface area (Å²) in [4.78, 5) is 22.9. The van der Waals surface area contributed by atoms with E-state index in [0.29, 0.717) is 16.7 Å². The molecule has 0 aromatic carbocycles. The Morgan fingerprint density at radius 3 is 2.57 bits per heavy atom. The molecule has 2 aliphatic carbocycles. The SMILES string of the molecule is NC1CC2CCCC(C1)C2NC(=O)c1ccc([N+](=O)[O-])s1. The molecule has 2 unspecified atom stereocenters. The Bertz CT molecular complexity index is 545. The molecule has 0 spiro atoms. The minimum atomic E-state index is -0.462. The first-order valence-corrected chi connectivity index (χ1v) is 8.17. The van der Waals surface area contributed by atoms with E-state index in [1.54, 1.807) is 0 Å². The Hall–Kier alpha value is -1.47. The van der Waals surface area contributed by atoms with Crippen molar-refractivity contribution in [2.24, 2.45) is 17.6 Å². The van der Waals surface area contributed by atoms with E-state index in [-0.39, 0.29) is 23.0 Å². The van der Waals surface area contributed by atoms with Crippen molar-refractivity contribution in [1.82, 2.24) is 5.32 Å². The predicted molar refractivity (Wildman–Crippen MR) is 80.3 cm³/mol.